The van der Waals surface area contributed by atoms with E-state index in [-0.39, 0.29) is 12.0 Å². The molecule has 3 nitrogen and oxygen atoms in total. The number of hydrogen-bond acceptors (Lipinski definition) is 3. The summed E-state index contributed by atoms with van der Waals surface area (Å²) in [6.45, 7) is 1.21. The maximum Gasteiger partial charge on any atom is 0.573 e. The molecule has 1 aromatic rings. The summed E-state index contributed by atoms with van der Waals surface area (Å²) in [7, 11) is 0. The third kappa shape index (κ3) is 4.45. The van der Waals surface area contributed by atoms with Crippen molar-refractivity contribution >= 4 is 17.4 Å². The van der Waals surface area contributed by atoms with Gasteiger partial charge in [0.1, 0.15) is 11.1 Å². The monoisotopic (exact) mass is 291 g/mol. The molecule has 0 bridgehead atoms. The van der Waals surface area contributed by atoms with Crippen molar-refractivity contribution in [1.29, 1.82) is 5.26 Å². The number of halogens is 4. The van der Waals surface area contributed by atoms with E-state index >= 15 is 0 Å². The zero-order chi connectivity index (χ0) is 14.6. The van der Waals surface area contributed by atoms with Gasteiger partial charge in [-0.2, -0.15) is 5.26 Å². The summed E-state index contributed by atoms with van der Waals surface area (Å²) in [4.78, 5) is 11.2. The molecule has 0 aliphatic carbocycles. The van der Waals surface area contributed by atoms with E-state index in [9.17, 15) is 18.0 Å². The molecule has 0 fully saturated rings. The molecule has 102 valence electrons. The van der Waals surface area contributed by atoms with Gasteiger partial charge in [-0.25, -0.2) is 0 Å². The Kier molecular flexibility index (Phi) is 4.78. The molecule has 0 radical (unpaired) electrons. The average Bonchev–Trinajstić information content (AvgIpc) is 2.28. The van der Waals surface area contributed by atoms with Crippen LogP contribution in [0.25, 0.3) is 0 Å². The van der Waals surface area contributed by atoms with Gasteiger partial charge in [0.2, 0.25) is 0 Å². The molecule has 0 spiro atoms. The van der Waals surface area contributed by atoms with Gasteiger partial charge >= 0.3 is 6.36 Å². The maximum absolute atomic E-state index is 12.1. The molecule has 0 aromatic heterocycles. The van der Waals surface area contributed by atoms with Crippen molar-refractivity contribution < 1.29 is 22.7 Å². The minimum Gasteiger partial charge on any atom is -0.406 e. The molecule has 1 unspecified atom stereocenters. The number of carbonyl (C=O) groups is 1. The lowest BCUT2D eigenvalue weighted by molar-refractivity contribution is -0.274. The molecule has 0 amide bonds. The van der Waals surface area contributed by atoms with Crippen LogP contribution in [0, 0.1) is 11.3 Å². The summed E-state index contributed by atoms with van der Waals surface area (Å²) < 4.78 is 40.1. The number of alkyl halides is 4. The second-order valence-electron chi connectivity index (χ2n) is 3.72. The van der Waals surface area contributed by atoms with Crippen LogP contribution in [0.5, 0.6) is 5.75 Å². The summed E-state index contributed by atoms with van der Waals surface area (Å²) in [5.41, 5.74) is 0.546. The number of carbonyl (C=O) groups excluding carboxylic acids is 1. The van der Waals surface area contributed by atoms with Gasteiger partial charge in [-0.1, -0.05) is 6.07 Å². The molecule has 19 heavy (non-hydrogen) atoms. The maximum atomic E-state index is 12.1. The quantitative estimate of drug-likeness (QED) is 0.798. The normalized spacial score (nSPS) is 12.6. The summed E-state index contributed by atoms with van der Waals surface area (Å²) in [5.74, 6) is -0.902. The van der Waals surface area contributed by atoms with E-state index in [2.05, 4.69) is 4.74 Å². The molecule has 0 N–H and O–H groups in total. The minimum atomic E-state index is -4.83. The van der Waals surface area contributed by atoms with Crippen LogP contribution in [0.1, 0.15) is 23.4 Å². The standard InChI is InChI=1S/C12H9ClF3NO2/c1-7(18)11(13)10-6-9(19-12(14,15)16)3-2-8(10)4-5-17/h2-3,6,11H,4H2,1H3. The van der Waals surface area contributed by atoms with Crippen molar-refractivity contribution in [3.63, 3.8) is 0 Å². The zero-order valence-electron chi connectivity index (χ0n) is 9.79. The lowest BCUT2D eigenvalue weighted by Gasteiger charge is -2.14. The number of ketones is 1. The highest BCUT2D eigenvalue weighted by atomic mass is 35.5. The topological polar surface area (TPSA) is 50.1 Å². The van der Waals surface area contributed by atoms with Crippen LogP contribution >= 0.6 is 11.6 Å². The fraction of sp³-hybridized carbons (Fsp3) is 0.333. The van der Waals surface area contributed by atoms with Gasteiger partial charge in [0.25, 0.3) is 0 Å². The second-order valence-corrected chi connectivity index (χ2v) is 4.15. The summed E-state index contributed by atoms with van der Waals surface area (Å²) >= 11 is 5.83. The van der Waals surface area contributed by atoms with Crippen molar-refractivity contribution in [2.75, 3.05) is 0 Å². The lowest BCUT2D eigenvalue weighted by atomic mass is 10.00. The van der Waals surface area contributed by atoms with E-state index in [1.165, 1.54) is 13.0 Å². The van der Waals surface area contributed by atoms with Crippen molar-refractivity contribution in [2.45, 2.75) is 25.1 Å². The van der Waals surface area contributed by atoms with Crippen molar-refractivity contribution in [1.82, 2.24) is 0 Å². The molecule has 0 saturated carbocycles. The third-order valence-corrected chi connectivity index (χ3v) is 2.79. The van der Waals surface area contributed by atoms with Crippen LogP contribution in [0.2, 0.25) is 0 Å². The summed E-state index contributed by atoms with van der Waals surface area (Å²) in [6.07, 6.45) is -4.88. The van der Waals surface area contributed by atoms with E-state index in [1.54, 1.807) is 0 Å². The first kappa shape index (κ1) is 15.3. The lowest BCUT2D eigenvalue weighted by Crippen LogP contribution is -2.17. The first-order chi connectivity index (χ1) is 8.74. The molecule has 0 heterocycles. The van der Waals surface area contributed by atoms with Crippen LogP contribution in [0.4, 0.5) is 13.2 Å². The molecule has 0 aliphatic heterocycles. The first-order valence-corrected chi connectivity index (χ1v) is 5.58. The average molecular weight is 292 g/mol. The van der Waals surface area contributed by atoms with E-state index in [0.29, 0.717) is 5.56 Å². The molecule has 1 atom stereocenters. The van der Waals surface area contributed by atoms with Gasteiger partial charge < -0.3 is 4.74 Å². The Bertz CT molecular complexity index is 523. The van der Waals surface area contributed by atoms with Gasteiger partial charge in [-0.05, 0) is 30.2 Å². The first-order valence-electron chi connectivity index (χ1n) is 5.14. The Hall–Kier alpha value is -1.74. The van der Waals surface area contributed by atoms with Gasteiger partial charge in [0.15, 0.2) is 5.78 Å². The molecule has 0 saturated heterocycles. The number of hydrogen-bond donors (Lipinski definition) is 0. The SMILES string of the molecule is CC(=O)C(Cl)c1cc(OC(F)(F)F)ccc1CC#N. The Morgan fingerprint density at radius 2 is 2.16 bits per heavy atom. The molecule has 1 aromatic carbocycles. The number of ether oxygens (including phenoxy) is 1. The van der Waals surface area contributed by atoms with Gasteiger partial charge in [0, 0.05) is 0 Å². The highest BCUT2D eigenvalue weighted by Crippen LogP contribution is 2.31. The highest BCUT2D eigenvalue weighted by Gasteiger charge is 2.31. The molecular formula is C12H9ClF3NO2. The molecule has 0 aliphatic rings. The Morgan fingerprint density at radius 1 is 1.53 bits per heavy atom. The van der Waals surface area contributed by atoms with Crippen molar-refractivity contribution in [3.8, 4) is 11.8 Å². The van der Waals surface area contributed by atoms with Crippen LogP contribution in [-0.2, 0) is 11.2 Å². The second kappa shape index (κ2) is 5.93. The van der Waals surface area contributed by atoms with Gasteiger partial charge in [-0.3, -0.25) is 4.79 Å². The fourth-order valence-corrected chi connectivity index (χ4v) is 1.67. The molecule has 7 heteroatoms. The van der Waals surface area contributed by atoms with E-state index in [4.69, 9.17) is 16.9 Å². The number of benzene rings is 1. The largest absolute Gasteiger partial charge is 0.573 e. The van der Waals surface area contributed by atoms with E-state index in [1.807, 2.05) is 6.07 Å². The van der Waals surface area contributed by atoms with E-state index in [0.717, 1.165) is 12.1 Å². The van der Waals surface area contributed by atoms with E-state index < -0.39 is 23.3 Å². The summed E-state index contributed by atoms with van der Waals surface area (Å²) in [5, 5.41) is 7.52. The Labute approximate surface area is 112 Å². The van der Waals surface area contributed by atoms with Gasteiger partial charge in [-0.15, -0.1) is 24.8 Å². The van der Waals surface area contributed by atoms with Gasteiger partial charge in [0.05, 0.1) is 12.5 Å². The van der Waals surface area contributed by atoms with Crippen LogP contribution in [-0.4, -0.2) is 12.1 Å². The zero-order valence-corrected chi connectivity index (χ0v) is 10.5. The van der Waals surface area contributed by atoms with Crippen LogP contribution < -0.4 is 4.74 Å². The predicted molar refractivity (Wildman–Crippen MR) is 61.7 cm³/mol. The smallest absolute Gasteiger partial charge is 0.406 e. The van der Waals surface area contributed by atoms with Crippen LogP contribution in [0.15, 0.2) is 18.2 Å². The number of Topliss-reactive ketones (excluding diaryl/α,β-unsaturated/α-hetero) is 1. The van der Waals surface area contributed by atoms with Crippen molar-refractivity contribution in [2.24, 2.45) is 0 Å². The number of nitriles is 1. The Morgan fingerprint density at radius 3 is 2.63 bits per heavy atom. The third-order valence-electron chi connectivity index (χ3n) is 2.25. The Balaban J connectivity index is 3.19. The predicted octanol–water partition coefficient (Wildman–Crippen LogP) is 3.52. The molecule has 1 rings (SSSR count). The number of nitrogens with zero attached hydrogens (tertiary/aromatic N) is 1. The number of rotatable bonds is 4. The molecular weight excluding hydrogens is 283 g/mol. The fourth-order valence-electron chi connectivity index (χ4n) is 1.47. The summed E-state index contributed by atoms with van der Waals surface area (Å²) in [6, 6.07) is 5.25. The van der Waals surface area contributed by atoms with Crippen LogP contribution in [0.3, 0.4) is 0 Å². The highest BCUT2D eigenvalue weighted by molar-refractivity contribution is 6.30. The minimum absolute atomic E-state index is 0.0574. The van der Waals surface area contributed by atoms with Crippen molar-refractivity contribution in [3.05, 3.63) is 29.3 Å².